The van der Waals surface area contributed by atoms with E-state index in [0.717, 1.165) is 29.8 Å². The van der Waals surface area contributed by atoms with Crippen molar-refractivity contribution in [2.75, 3.05) is 19.0 Å². The highest BCUT2D eigenvalue weighted by atomic mass is 35.5. The molecule has 1 heterocycles. The first-order valence-corrected chi connectivity index (χ1v) is 5.63. The third-order valence-corrected chi connectivity index (χ3v) is 3.14. The minimum absolute atomic E-state index is 0.190. The molecule has 0 saturated carbocycles. The van der Waals surface area contributed by atoms with Gasteiger partial charge in [-0.15, -0.1) is 0 Å². The third-order valence-electron chi connectivity index (χ3n) is 2.93. The fourth-order valence-corrected chi connectivity index (χ4v) is 2.45. The molecule has 3 nitrogen and oxygen atoms in total. The van der Waals surface area contributed by atoms with E-state index < -0.39 is 0 Å². The van der Waals surface area contributed by atoms with Crippen LogP contribution in [0.15, 0.2) is 12.1 Å². The van der Waals surface area contributed by atoms with Crippen LogP contribution in [0.5, 0.6) is 0 Å². The summed E-state index contributed by atoms with van der Waals surface area (Å²) in [7, 11) is 1.42. The number of hydrogen-bond acceptors (Lipinski definition) is 3. The zero-order valence-corrected chi connectivity index (χ0v) is 10.1. The van der Waals surface area contributed by atoms with Gasteiger partial charge in [-0.2, -0.15) is 0 Å². The second-order valence-corrected chi connectivity index (χ2v) is 4.41. The Kier molecular flexibility index (Phi) is 3.06. The summed E-state index contributed by atoms with van der Waals surface area (Å²) in [5.74, 6) is -0.386. The summed E-state index contributed by atoms with van der Waals surface area (Å²) in [5.41, 5.74) is 3.03. The van der Waals surface area contributed by atoms with Gasteiger partial charge in [0.2, 0.25) is 0 Å². The highest BCUT2D eigenvalue weighted by molar-refractivity contribution is 6.30. The molecule has 0 radical (unpaired) electrons. The summed E-state index contributed by atoms with van der Waals surface area (Å²) in [4.78, 5) is 11.7. The molecule has 1 atom stereocenters. The summed E-state index contributed by atoms with van der Waals surface area (Å²) >= 11 is 6.02. The average Bonchev–Trinajstić information content (AvgIpc) is 2.27. The molecule has 4 heteroatoms. The normalized spacial score (nSPS) is 18.6. The number of esters is 1. The van der Waals surface area contributed by atoms with Gasteiger partial charge in [-0.3, -0.25) is 4.79 Å². The highest BCUT2D eigenvalue weighted by Gasteiger charge is 2.28. The van der Waals surface area contributed by atoms with Crippen molar-refractivity contribution in [1.29, 1.82) is 0 Å². The van der Waals surface area contributed by atoms with Gasteiger partial charge in [0.25, 0.3) is 0 Å². The minimum atomic E-state index is -0.196. The van der Waals surface area contributed by atoms with Crippen molar-refractivity contribution < 1.29 is 9.53 Å². The van der Waals surface area contributed by atoms with Crippen LogP contribution < -0.4 is 5.32 Å². The van der Waals surface area contributed by atoms with Crippen LogP contribution in [0.3, 0.4) is 0 Å². The maximum Gasteiger partial charge on any atom is 0.313 e. The van der Waals surface area contributed by atoms with Crippen molar-refractivity contribution in [3.05, 3.63) is 28.3 Å². The Labute approximate surface area is 99.7 Å². The fourth-order valence-electron chi connectivity index (χ4n) is 2.17. The molecule has 1 N–H and O–H groups in total. The number of carbonyl (C=O) groups excluding carboxylic acids is 1. The van der Waals surface area contributed by atoms with Crippen molar-refractivity contribution in [3.8, 4) is 0 Å². The van der Waals surface area contributed by atoms with Gasteiger partial charge in [0.1, 0.15) is 0 Å². The highest BCUT2D eigenvalue weighted by Crippen LogP contribution is 2.36. The molecular weight excluding hydrogens is 226 g/mol. The van der Waals surface area contributed by atoms with E-state index in [-0.39, 0.29) is 11.9 Å². The van der Waals surface area contributed by atoms with Gasteiger partial charge >= 0.3 is 5.97 Å². The van der Waals surface area contributed by atoms with E-state index >= 15 is 0 Å². The number of aryl methyl sites for hydroxylation is 1. The molecule has 0 amide bonds. The number of hydrogen-bond donors (Lipinski definition) is 1. The van der Waals surface area contributed by atoms with Crippen molar-refractivity contribution in [2.24, 2.45) is 0 Å². The predicted molar refractivity (Wildman–Crippen MR) is 64.1 cm³/mol. The molecule has 0 aliphatic carbocycles. The number of fused-ring (bicyclic) bond motifs is 1. The van der Waals surface area contributed by atoms with E-state index in [0.29, 0.717) is 5.02 Å². The number of nitrogens with one attached hydrogen (secondary N) is 1. The van der Waals surface area contributed by atoms with E-state index in [2.05, 4.69) is 5.32 Å². The largest absolute Gasteiger partial charge is 0.469 e. The number of anilines is 1. The Balaban J connectivity index is 2.49. The molecule has 1 aromatic carbocycles. The lowest BCUT2D eigenvalue weighted by Crippen LogP contribution is -2.24. The van der Waals surface area contributed by atoms with Crippen LogP contribution in [0.1, 0.15) is 23.5 Å². The minimum Gasteiger partial charge on any atom is -0.469 e. The van der Waals surface area contributed by atoms with E-state index in [1.165, 1.54) is 7.11 Å². The monoisotopic (exact) mass is 239 g/mol. The van der Waals surface area contributed by atoms with Crippen LogP contribution >= 0.6 is 11.6 Å². The third kappa shape index (κ3) is 1.87. The second kappa shape index (κ2) is 4.34. The summed E-state index contributed by atoms with van der Waals surface area (Å²) in [5, 5.41) is 3.96. The van der Waals surface area contributed by atoms with Gasteiger partial charge in [-0.05, 0) is 36.6 Å². The van der Waals surface area contributed by atoms with Gasteiger partial charge in [-0.1, -0.05) is 11.6 Å². The molecular formula is C12H14ClNO2. The quantitative estimate of drug-likeness (QED) is 0.766. The van der Waals surface area contributed by atoms with Gasteiger partial charge in [0, 0.05) is 17.3 Å². The molecule has 1 aliphatic heterocycles. The van der Waals surface area contributed by atoms with E-state index in [9.17, 15) is 4.79 Å². The smallest absolute Gasteiger partial charge is 0.313 e. The van der Waals surface area contributed by atoms with E-state index in [1.54, 1.807) is 0 Å². The zero-order chi connectivity index (χ0) is 11.7. The first-order valence-electron chi connectivity index (χ1n) is 5.25. The Morgan fingerprint density at radius 1 is 1.56 bits per heavy atom. The first kappa shape index (κ1) is 11.3. The number of halogens is 1. The Morgan fingerprint density at radius 2 is 2.31 bits per heavy atom. The lowest BCUT2D eigenvalue weighted by Gasteiger charge is -2.26. The summed E-state index contributed by atoms with van der Waals surface area (Å²) in [6.07, 6.45) is 0.749. The molecule has 0 fully saturated rings. The molecule has 1 aromatic rings. The van der Waals surface area contributed by atoms with Gasteiger partial charge < -0.3 is 10.1 Å². The summed E-state index contributed by atoms with van der Waals surface area (Å²) in [6.45, 7) is 2.77. The van der Waals surface area contributed by atoms with Crippen LogP contribution in [0.25, 0.3) is 0 Å². The molecule has 0 saturated heterocycles. The summed E-state index contributed by atoms with van der Waals surface area (Å²) < 4.78 is 4.82. The average molecular weight is 240 g/mol. The molecule has 0 aromatic heterocycles. The number of benzene rings is 1. The maximum atomic E-state index is 11.7. The maximum absolute atomic E-state index is 11.7. The molecule has 0 spiro atoms. The predicted octanol–water partition coefficient (Wildman–Crippen LogP) is 2.72. The van der Waals surface area contributed by atoms with Crippen LogP contribution in [0.4, 0.5) is 5.69 Å². The first-order chi connectivity index (χ1) is 7.63. The molecule has 16 heavy (non-hydrogen) atoms. The Bertz CT molecular complexity index is 431. The van der Waals surface area contributed by atoms with Gasteiger partial charge in [0.15, 0.2) is 0 Å². The van der Waals surface area contributed by atoms with E-state index in [4.69, 9.17) is 16.3 Å². The zero-order valence-electron chi connectivity index (χ0n) is 9.34. The number of ether oxygens (including phenoxy) is 1. The van der Waals surface area contributed by atoms with Crippen molar-refractivity contribution in [3.63, 3.8) is 0 Å². The fraction of sp³-hybridized carbons (Fsp3) is 0.417. The van der Waals surface area contributed by atoms with Crippen LogP contribution in [0, 0.1) is 6.92 Å². The van der Waals surface area contributed by atoms with Crippen molar-refractivity contribution in [2.45, 2.75) is 19.3 Å². The Hall–Kier alpha value is -1.22. The standard InChI is InChI=1S/C12H14ClNO2/c1-7-5-8(13)6-10-9(12(15)16-2)3-4-14-11(7)10/h5-6,9,14H,3-4H2,1-2H3. The van der Waals surface area contributed by atoms with Crippen molar-refractivity contribution in [1.82, 2.24) is 0 Å². The number of carbonyl (C=O) groups is 1. The topological polar surface area (TPSA) is 38.3 Å². The molecule has 0 bridgehead atoms. The van der Waals surface area contributed by atoms with Gasteiger partial charge in [-0.25, -0.2) is 0 Å². The number of rotatable bonds is 1. The Morgan fingerprint density at radius 3 is 3.00 bits per heavy atom. The summed E-state index contributed by atoms with van der Waals surface area (Å²) in [6, 6.07) is 3.74. The van der Waals surface area contributed by atoms with Crippen LogP contribution in [0.2, 0.25) is 5.02 Å². The van der Waals surface area contributed by atoms with Crippen LogP contribution in [-0.2, 0) is 9.53 Å². The van der Waals surface area contributed by atoms with Gasteiger partial charge in [0.05, 0.1) is 13.0 Å². The molecule has 2 rings (SSSR count). The van der Waals surface area contributed by atoms with E-state index in [1.807, 2.05) is 19.1 Å². The molecule has 1 unspecified atom stereocenters. The molecule has 1 aliphatic rings. The SMILES string of the molecule is COC(=O)C1CCNc2c(C)cc(Cl)cc21. The number of methoxy groups -OCH3 is 1. The molecule has 86 valence electrons. The van der Waals surface area contributed by atoms with Crippen LogP contribution in [-0.4, -0.2) is 19.6 Å². The lowest BCUT2D eigenvalue weighted by molar-refractivity contribution is -0.142. The second-order valence-electron chi connectivity index (χ2n) is 3.98. The lowest BCUT2D eigenvalue weighted by atomic mass is 9.89. The van der Waals surface area contributed by atoms with Crippen molar-refractivity contribution >= 4 is 23.3 Å².